The molecule has 1 aliphatic heterocycles. The molecule has 1 aliphatic rings. The third kappa shape index (κ3) is 8.01. The lowest BCUT2D eigenvalue weighted by Gasteiger charge is -2.39. The van der Waals surface area contributed by atoms with Gasteiger partial charge in [-0.2, -0.15) is 0 Å². The molecule has 57 heavy (non-hydrogen) atoms. The number of aromatic nitrogens is 4. The first-order chi connectivity index (χ1) is 27.7. The molecule has 14 nitrogen and oxygen atoms in total. The van der Waals surface area contributed by atoms with Crippen LogP contribution in [-0.2, 0) is 29.4 Å². The molecule has 7 rings (SSSR count). The van der Waals surface area contributed by atoms with Crippen LogP contribution in [0.3, 0.4) is 0 Å². The summed E-state index contributed by atoms with van der Waals surface area (Å²) in [5.41, 5.74) is 1.11. The average Bonchev–Trinajstić information content (AvgIpc) is 3.82. The fraction of sp³-hybridized carbons (Fsp3) is 0.238. The Bertz CT molecular complexity index is 2280. The molecule has 4 aromatic carbocycles. The summed E-state index contributed by atoms with van der Waals surface area (Å²) >= 11 is 0. The van der Waals surface area contributed by atoms with Gasteiger partial charge in [-0.3, -0.25) is 19.0 Å². The van der Waals surface area contributed by atoms with Gasteiger partial charge in [-0.1, -0.05) is 72.8 Å². The Morgan fingerprint density at radius 2 is 1.40 bits per heavy atom. The van der Waals surface area contributed by atoms with Crippen LogP contribution in [0.4, 0.5) is 10.2 Å². The van der Waals surface area contributed by atoms with Crippen LogP contribution in [0.2, 0.25) is 0 Å². The van der Waals surface area contributed by atoms with E-state index >= 15 is 4.39 Å². The minimum atomic E-state index is -1.94. The lowest BCUT2D eigenvalue weighted by atomic mass is 9.79. The van der Waals surface area contributed by atoms with Crippen LogP contribution in [-0.4, -0.2) is 81.7 Å². The topological polar surface area (TPSA) is 173 Å². The van der Waals surface area contributed by atoms with Crippen LogP contribution < -0.4 is 14.8 Å². The number of halogens is 1. The first kappa shape index (κ1) is 38.6. The van der Waals surface area contributed by atoms with Crippen LogP contribution in [0, 0.1) is 0 Å². The minimum Gasteiger partial charge on any atom is -0.497 e. The molecule has 15 heteroatoms. The van der Waals surface area contributed by atoms with Gasteiger partial charge < -0.3 is 34.1 Å². The number of carbonyl (C=O) groups is 3. The Morgan fingerprint density at radius 1 is 0.807 bits per heavy atom. The van der Waals surface area contributed by atoms with E-state index in [9.17, 15) is 14.4 Å². The molecule has 292 valence electrons. The summed E-state index contributed by atoms with van der Waals surface area (Å²) in [4.78, 5) is 49.9. The molecule has 2 N–H and O–H groups in total. The number of hydrogen-bond acceptors (Lipinski definition) is 11. The number of esters is 1. The molecule has 4 atom stereocenters. The predicted octanol–water partition coefficient (Wildman–Crippen LogP) is 6.12. The van der Waals surface area contributed by atoms with Crippen molar-refractivity contribution < 1.29 is 47.6 Å². The van der Waals surface area contributed by atoms with Gasteiger partial charge in [0.25, 0.3) is 5.91 Å². The quantitative estimate of drug-likeness (QED) is 0.0906. The van der Waals surface area contributed by atoms with Gasteiger partial charge in [0, 0.05) is 5.56 Å². The van der Waals surface area contributed by atoms with Crippen LogP contribution >= 0.6 is 0 Å². The zero-order chi connectivity index (χ0) is 39.9. The number of imidazole rings is 1. The van der Waals surface area contributed by atoms with Crippen LogP contribution in [0.15, 0.2) is 122 Å². The summed E-state index contributed by atoms with van der Waals surface area (Å²) < 4.78 is 48.8. The van der Waals surface area contributed by atoms with Crippen molar-refractivity contribution in [3.05, 3.63) is 144 Å². The maximum absolute atomic E-state index is 17.5. The number of aliphatic carboxylic acids is 1. The second-order valence-corrected chi connectivity index (χ2v) is 13.0. The standard InChI is InChI=1S/C42H38FN5O9/c1-53-30-17-13-28(14-18-30)42(27-11-7-4-8-12-27,29-15-19-31(54-2)20-16-29)57-37-32(23-55-34(51)22-21-33(49)50)56-41(35(37)43)48-25-46-36-38(44-24-45-39(36)48)47-40(52)26-9-5-3-6-10-26/h3-20,24-25,32,35,37,41H,21-23H2,1-2H3,(H,49,50)(H,44,45,47,52)/t32-,35-,37-,41-/m1/s1. The van der Waals surface area contributed by atoms with E-state index in [1.54, 1.807) is 68.8 Å². The van der Waals surface area contributed by atoms with Gasteiger partial charge >= 0.3 is 11.9 Å². The minimum absolute atomic E-state index is 0.0971. The maximum atomic E-state index is 17.5. The Kier molecular flexibility index (Phi) is 11.5. The number of nitrogens with zero attached hydrogens (tertiary/aromatic N) is 4. The molecule has 6 aromatic rings. The predicted molar refractivity (Wildman–Crippen MR) is 204 cm³/mol. The third-order valence-corrected chi connectivity index (χ3v) is 9.61. The lowest BCUT2D eigenvalue weighted by molar-refractivity contribution is -0.156. The number of methoxy groups -OCH3 is 2. The van der Waals surface area contributed by atoms with Crippen molar-refractivity contribution >= 4 is 34.8 Å². The van der Waals surface area contributed by atoms with Gasteiger partial charge in [0.05, 0.1) is 33.4 Å². The fourth-order valence-corrected chi connectivity index (χ4v) is 6.78. The third-order valence-electron chi connectivity index (χ3n) is 9.61. The molecule has 3 heterocycles. The van der Waals surface area contributed by atoms with Gasteiger partial charge in [-0.05, 0) is 53.1 Å². The van der Waals surface area contributed by atoms with Crippen LogP contribution in [0.5, 0.6) is 11.5 Å². The number of hydrogen-bond donors (Lipinski definition) is 2. The van der Waals surface area contributed by atoms with E-state index < -0.39 is 67.5 Å². The van der Waals surface area contributed by atoms with Crippen molar-refractivity contribution in [3.8, 4) is 11.5 Å². The highest BCUT2D eigenvalue weighted by molar-refractivity contribution is 6.06. The highest BCUT2D eigenvalue weighted by Gasteiger charge is 2.53. The monoisotopic (exact) mass is 775 g/mol. The summed E-state index contributed by atoms with van der Waals surface area (Å²) in [6.45, 7) is -0.476. The number of carbonyl (C=O) groups excluding carboxylic acids is 2. The van der Waals surface area contributed by atoms with Crippen molar-refractivity contribution in [3.63, 3.8) is 0 Å². The molecule has 1 saturated heterocycles. The molecular formula is C42H38FN5O9. The molecule has 0 bridgehead atoms. The van der Waals surface area contributed by atoms with Crippen molar-refractivity contribution in [2.45, 2.75) is 43.1 Å². The summed E-state index contributed by atoms with van der Waals surface area (Å²) in [6.07, 6.45) is -4.33. The number of nitrogens with one attached hydrogen (secondary N) is 1. The zero-order valence-electron chi connectivity index (χ0n) is 30.9. The van der Waals surface area contributed by atoms with E-state index in [0.29, 0.717) is 33.8 Å². The average molecular weight is 776 g/mol. The van der Waals surface area contributed by atoms with Crippen molar-refractivity contribution in [2.75, 3.05) is 26.1 Å². The van der Waals surface area contributed by atoms with Gasteiger partial charge in [0.2, 0.25) is 0 Å². The van der Waals surface area contributed by atoms with E-state index in [1.807, 2.05) is 54.6 Å². The van der Waals surface area contributed by atoms with Gasteiger partial charge in [-0.25, -0.2) is 19.3 Å². The van der Waals surface area contributed by atoms with E-state index in [4.69, 9.17) is 28.8 Å². The molecular weight excluding hydrogens is 737 g/mol. The molecule has 1 amide bonds. The number of anilines is 1. The number of carboxylic acids is 1. The number of ether oxygens (including phenoxy) is 5. The van der Waals surface area contributed by atoms with E-state index in [0.717, 1.165) is 0 Å². The van der Waals surface area contributed by atoms with E-state index in [-0.39, 0.29) is 17.0 Å². The Balaban J connectivity index is 1.31. The molecule has 0 saturated carbocycles. The van der Waals surface area contributed by atoms with Gasteiger partial charge in [0.1, 0.15) is 42.2 Å². The summed E-state index contributed by atoms with van der Waals surface area (Å²) in [6, 6.07) is 32.2. The molecule has 1 fully saturated rings. The Labute approximate surface area is 326 Å². The van der Waals surface area contributed by atoms with Gasteiger partial charge in [-0.15, -0.1) is 0 Å². The highest BCUT2D eigenvalue weighted by atomic mass is 19.1. The number of benzene rings is 4. The summed E-state index contributed by atoms with van der Waals surface area (Å²) in [5, 5.41) is 11.9. The number of carboxylic acid groups (broad SMARTS) is 1. The van der Waals surface area contributed by atoms with E-state index in [1.165, 1.54) is 17.2 Å². The molecule has 0 radical (unpaired) electrons. The smallest absolute Gasteiger partial charge is 0.306 e. The number of alkyl halides is 1. The second-order valence-electron chi connectivity index (χ2n) is 13.0. The van der Waals surface area contributed by atoms with Gasteiger partial charge in [0.15, 0.2) is 29.4 Å². The summed E-state index contributed by atoms with van der Waals surface area (Å²) in [5.74, 6) is -1.14. The zero-order valence-corrected chi connectivity index (χ0v) is 30.9. The molecule has 0 spiro atoms. The number of amides is 1. The van der Waals surface area contributed by atoms with E-state index in [2.05, 4.69) is 20.3 Å². The first-order valence-electron chi connectivity index (χ1n) is 17.9. The molecule has 0 unspecified atom stereocenters. The Hall–Kier alpha value is -6.71. The number of fused-ring (bicyclic) bond motifs is 1. The lowest BCUT2D eigenvalue weighted by Crippen LogP contribution is -2.44. The SMILES string of the molecule is COc1ccc(C(O[C@H]2[C@@H](F)[C@H](n3cnc4c(NC(=O)c5ccccc5)ncnc43)O[C@@H]2COC(=O)CCC(=O)O)(c2ccccc2)c2ccc(OC)cc2)cc1. The highest BCUT2D eigenvalue weighted by Crippen LogP contribution is 2.47. The second kappa shape index (κ2) is 17.0. The Morgan fingerprint density at radius 3 is 2.00 bits per heavy atom. The number of rotatable bonds is 15. The van der Waals surface area contributed by atoms with Crippen molar-refractivity contribution in [2.24, 2.45) is 0 Å². The first-order valence-corrected chi connectivity index (χ1v) is 17.9. The fourth-order valence-electron chi connectivity index (χ4n) is 6.78. The van der Waals surface area contributed by atoms with Crippen LogP contribution in [0.1, 0.15) is 46.1 Å². The van der Waals surface area contributed by atoms with Crippen LogP contribution in [0.25, 0.3) is 11.2 Å². The van der Waals surface area contributed by atoms with Crippen molar-refractivity contribution in [1.29, 1.82) is 0 Å². The molecule has 2 aromatic heterocycles. The summed E-state index contributed by atoms with van der Waals surface area (Å²) in [7, 11) is 3.10. The largest absolute Gasteiger partial charge is 0.497 e. The van der Waals surface area contributed by atoms with Crippen molar-refractivity contribution in [1.82, 2.24) is 19.5 Å². The maximum Gasteiger partial charge on any atom is 0.306 e. The molecule has 0 aliphatic carbocycles. The normalized spacial score (nSPS) is 17.9.